The Bertz CT molecular complexity index is 498. The maximum Gasteiger partial charge on any atom is 0.208 e. The van der Waals surface area contributed by atoms with Gasteiger partial charge in [0.1, 0.15) is 0 Å². The summed E-state index contributed by atoms with van der Waals surface area (Å²) in [6.45, 7) is 0. The van der Waals surface area contributed by atoms with Crippen LogP contribution in [0, 0.1) is 5.38 Å². The zero-order valence-corrected chi connectivity index (χ0v) is 8.81. The molecule has 1 aromatic heterocycles. The van der Waals surface area contributed by atoms with Gasteiger partial charge < -0.3 is 0 Å². The van der Waals surface area contributed by atoms with Gasteiger partial charge in [-0.3, -0.25) is 0 Å². The van der Waals surface area contributed by atoms with Crippen molar-refractivity contribution in [2.24, 2.45) is 0 Å². The van der Waals surface area contributed by atoms with Crippen LogP contribution in [0.4, 0.5) is 0 Å². The Morgan fingerprint density at radius 3 is 2.36 bits per heavy atom. The minimum absolute atomic E-state index is 0.244. The van der Waals surface area contributed by atoms with Gasteiger partial charge >= 0.3 is 0 Å². The molecular weight excluding hydrogens is 216 g/mol. The van der Waals surface area contributed by atoms with Crippen LogP contribution in [0.25, 0.3) is 0 Å². The summed E-state index contributed by atoms with van der Waals surface area (Å²) in [7, 11) is -3.34. The van der Waals surface area contributed by atoms with E-state index in [2.05, 4.69) is 5.38 Å². The molecule has 1 heterocycles. The van der Waals surface area contributed by atoms with E-state index in [9.17, 15) is 8.42 Å². The smallest absolute Gasteiger partial charge is 0.208 e. The first-order valence-corrected chi connectivity index (χ1v) is 6.33. The molecule has 0 saturated heterocycles. The van der Waals surface area contributed by atoms with E-state index in [0.29, 0.717) is 4.90 Å². The van der Waals surface area contributed by atoms with Crippen LogP contribution in [0.3, 0.4) is 0 Å². The summed E-state index contributed by atoms with van der Waals surface area (Å²) in [5.74, 6) is 0. The fourth-order valence-electron chi connectivity index (χ4n) is 1.09. The second kappa shape index (κ2) is 3.55. The van der Waals surface area contributed by atoms with Gasteiger partial charge in [0.25, 0.3) is 0 Å². The summed E-state index contributed by atoms with van der Waals surface area (Å²) >= 11 is 1.26. The summed E-state index contributed by atoms with van der Waals surface area (Å²) in [4.78, 5) is 0.559. The van der Waals surface area contributed by atoms with Crippen LogP contribution in [0.15, 0.2) is 51.6 Å². The van der Waals surface area contributed by atoms with Crippen molar-refractivity contribution in [3.8, 4) is 0 Å². The molecule has 1 radical (unpaired) electrons. The molecule has 0 unspecified atom stereocenters. The van der Waals surface area contributed by atoms with E-state index in [4.69, 9.17) is 0 Å². The molecule has 0 bridgehead atoms. The second-order valence-electron chi connectivity index (χ2n) is 2.70. The van der Waals surface area contributed by atoms with E-state index >= 15 is 0 Å². The van der Waals surface area contributed by atoms with Gasteiger partial charge in [-0.2, -0.15) is 0 Å². The molecule has 2 rings (SSSR count). The molecule has 0 atom stereocenters. The van der Waals surface area contributed by atoms with Crippen LogP contribution in [-0.2, 0) is 9.84 Å². The molecule has 0 N–H and O–H groups in total. The number of benzene rings is 1. The van der Waals surface area contributed by atoms with Gasteiger partial charge in [0.05, 0.1) is 15.2 Å². The molecule has 0 aliphatic rings. The first kappa shape index (κ1) is 9.43. The van der Waals surface area contributed by atoms with Gasteiger partial charge in [-0.25, -0.2) is 8.42 Å². The first-order chi connectivity index (χ1) is 6.71. The van der Waals surface area contributed by atoms with Crippen molar-refractivity contribution >= 4 is 21.2 Å². The van der Waals surface area contributed by atoms with Gasteiger partial charge in [0.15, 0.2) is 0 Å². The van der Waals surface area contributed by atoms with Gasteiger partial charge in [-0.1, -0.05) is 18.2 Å². The summed E-state index contributed by atoms with van der Waals surface area (Å²) in [5, 5.41) is 4.43. The van der Waals surface area contributed by atoms with Gasteiger partial charge in [-0.05, 0) is 23.6 Å². The van der Waals surface area contributed by atoms with Gasteiger partial charge in [-0.15, -0.1) is 11.3 Å². The van der Waals surface area contributed by atoms with Crippen LogP contribution >= 0.6 is 11.3 Å². The standard InChI is InChI=1S/C10H7O2S2/c11-14(12,10-6-7-13-8-10)9-4-2-1-3-5-9/h1-7H. The third-order valence-electron chi connectivity index (χ3n) is 1.79. The fraction of sp³-hybridized carbons (Fsp3) is 0. The normalized spacial score (nSPS) is 11.4. The van der Waals surface area contributed by atoms with Crippen LogP contribution in [0.1, 0.15) is 0 Å². The largest absolute Gasteiger partial charge is 0.218 e. The zero-order valence-electron chi connectivity index (χ0n) is 7.17. The summed E-state index contributed by atoms with van der Waals surface area (Å²) in [5.41, 5.74) is 0. The van der Waals surface area contributed by atoms with Crippen LogP contribution in [0.5, 0.6) is 0 Å². The van der Waals surface area contributed by atoms with Gasteiger partial charge in [0.2, 0.25) is 9.84 Å². The Morgan fingerprint density at radius 1 is 1.07 bits per heavy atom. The van der Waals surface area contributed by atoms with E-state index in [1.54, 1.807) is 41.8 Å². The quantitative estimate of drug-likeness (QED) is 0.783. The highest BCUT2D eigenvalue weighted by molar-refractivity contribution is 7.91. The average Bonchev–Trinajstić information content (AvgIpc) is 2.72. The average molecular weight is 223 g/mol. The maximum atomic E-state index is 11.9. The SMILES string of the molecule is O=S(=O)(c1[c]scc1)c1ccccc1. The third kappa shape index (κ3) is 1.58. The van der Waals surface area contributed by atoms with Crippen molar-refractivity contribution in [1.82, 2.24) is 0 Å². The summed E-state index contributed by atoms with van der Waals surface area (Å²) in [6.07, 6.45) is 0. The molecule has 14 heavy (non-hydrogen) atoms. The fourth-order valence-corrected chi connectivity index (χ4v) is 3.24. The molecule has 2 nitrogen and oxygen atoms in total. The van der Waals surface area contributed by atoms with Crippen molar-refractivity contribution in [2.75, 3.05) is 0 Å². The number of sulfone groups is 1. The predicted octanol–water partition coefficient (Wildman–Crippen LogP) is 2.38. The molecule has 71 valence electrons. The highest BCUT2D eigenvalue weighted by Crippen LogP contribution is 2.21. The number of rotatable bonds is 2. The van der Waals surface area contributed by atoms with E-state index in [1.807, 2.05) is 0 Å². The van der Waals surface area contributed by atoms with Gasteiger partial charge in [0, 0.05) is 0 Å². The molecule has 4 heteroatoms. The van der Waals surface area contributed by atoms with Crippen molar-refractivity contribution < 1.29 is 8.42 Å². The minimum atomic E-state index is -3.34. The van der Waals surface area contributed by atoms with Crippen LogP contribution < -0.4 is 0 Å². The lowest BCUT2D eigenvalue weighted by molar-refractivity contribution is 0.596. The molecule has 0 aliphatic heterocycles. The Balaban J connectivity index is 2.55. The highest BCUT2D eigenvalue weighted by Gasteiger charge is 2.17. The molecule has 0 aliphatic carbocycles. The second-order valence-corrected chi connectivity index (χ2v) is 5.33. The predicted molar refractivity (Wildman–Crippen MR) is 55.0 cm³/mol. The molecule has 0 fully saturated rings. The van der Waals surface area contributed by atoms with E-state index < -0.39 is 9.84 Å². The van der Waals surface area contributed by atoms with Crippen molar-refractivity contribution in [1.29, 1.82) is 0 Å². The Kier molecular flexibility index (Phi) is 2.39. The maximum absolute atomic E-state index is 11.9. The zero-order chi connectivity index (χ0) is 10.0. The monoisotopic (exact) mass is 223 g/mol. The molecule has 1 aromatic carbocycles. The molecular formula is C10H7O2S2. The number of thiophene rings is 1. The Morgan fingerprint density at radius 2 is 1.79 bits per heavy atom. The Hall–Kier alpha value is -1.13. The van der Waals surface area contributed by atoms with Crippen LogP contribution in [-0.4, -0.2) is 8.42 Å². The lowest BCUT2D eigenvalue weighted by Gasteiger charge is -1.99. The number of hydrogen-bond donors (Lipinski definition) is 0. The summed E-state index contributed by atoms with van der Waals surface area (Å²) < 4.78 is 23.7. The van der Waals surface area contributed by atoms with Crippen molar-refractivity contribution in [2.45, 2.75) is 9.79 Å². The Labute approximate surface area is 86.8 Å². The highest BCUT2D eigenvalue weighted by atomic mass is 32.2. The van der Waals surface area contributed by atoms with E-state index in [1.165, 1.54) is 11.3 Å². The lowest BCUT2D eigenvalue weighted by atomic mass is 10.4. The molecule has 0 amide bonds. The molecule has 0 saturated carbocycles. The first-order valence-electron chi connectivity index (χ1n) is 3.96. The third-order valence-corrected chi connectivity index (χ3v) is 4.24. The topological polar surface area (TPSA) is 34.1 Å². The summed E-state index contributed by atoms with van der Waals surface area (Å²) in [6, 6.07) is 9.93. The molecule has 0 spiro atoms. The molecule has 2 aromatic rings. The van der Waals surface area contributed by atoms with Crippen molar-refractivity contribution in [3.63, 3.8) is 0 Å². The van der Waals surface area contributed by atoms with Crippen LogP contribution in [0.2, 0.25) is 0 Å². The minimum Gasteiger partial charge on any atom is -0.218 e. The van der Waals surface area contributed by atoms with E-state index in [0.717, 1.165) is 0 Å². The lowest BCUT2D eigenvalue weighted by Crippen LogP contribution is -1.99. The van der Waals surface area contributed by atoms with E-state index in [-0.39, 0.29) is 4.90 Å². The number of hydrogen-bond acceptors (Lipinski definition) is 3. The van der Waals surface area contributed by atoms with Crippen molar-refractivity contribution in [3.05, 3.63) is 47.2 Å².